The average Bonchev–Trinajstić information content (AvgIpc) is 2.13. The zero-order chi connectivity index (χ0) is 7.56. The maximum atomic E-state index is 10.7. The monoisotopic (exact) mass is 140 g/mol. The van der Waals surface area contributed by atoms with Gasteiger partial charge >= 0.3 is 0 Å². The first kappa shape index (κ1) is 7.58. The fourth-order valence-electron chi connectivity index (χ4n) is 1.32. The Bertz CT molecular complexity index is 131. The Morgan fingerprint density at radius 3 is 2.90 bits per heavy atom. The highest BCUT2D eigenvalue weighted by atomic mass is 16.1. The molecule has 0 aliphatic carbocycles. The lowest BCUT2D eigenvalue weighted by Gasteiger charge is -2.08. The van der Waals surface area contributed by atoms with E-state index >= 15 is 0 Å². The number of nitrogens with one attached hydrogen (secondary N) is 1. The predicted octanol–water partition coefficient (Wildman–Crippen LogP) is 0.983. The van der Waals surface area contributed by atoms with Crippen LogP contribution in [0.3, 0.4) is 0 Å². The molecule has 0 aromatic rings. The molecule has 0 bridgehead atoms. The van der Waals surface area contributed by atoms with Crippen LogP contribution < -0.4 is 5.32 Å². The molecule has 1 heterocycles. The predicted molar refractivity (Wildman–Crippen MR) is 40.3 cm³/mol. The third-order valence-corrected chi connectivity index (χ3v) is 1.70. The summed E-state index contributed by atoms with van der Waals surface area (Å²) in [6, 6.07) is 0. The Labute approximate surface area is 62.0 Å². The van der Waals surface area contributed by atoms with Crippen LogP contribution in [0.2, 0.25) is 0 Å². The van der Waals surface area contributed by atoms with Crippen LogP contribution >= 0.6 is 0 Å². The summed E-state index contributed by atoms with van der Waals surface area (Å²) in [5.74, 6) is 1.27. The van der Waals surface area contributed by atoms with E-state index in [9.17, 15) is 4.79 Å². The van der Waals surface area contributed by atoms with Gasteiger partial charge in [-0.3, -0.25) is 4.79 Å². The lowest BCUT2D eigenvalue weighted by molar-refractivity contribution is -0.116. The van der Waals surface area contributed by atoms with Crippen LogP contribution in [0, 0.1) is 18.3 Å². The molecule has 57 valence electrons. The molecule has 1 aliphatic rings. The number of amides is 1. The summed E-state index contributed by atoms with van der Waals surface area (Å²) < 4.78 is 0. The molecule has 1 N–H and O–H groups in total. The molecule has 2 heteroatoms. The van der Waals surface area contributed by atoms with Crippen LogP contribution in [-0.4, -0.2) is 12.5 Å². The van der Waals surface area contributed by atoms with E-state index in [0.29, 0.717) is 11.8 Å². The topological polar surface area (TPSA) is 29.1 Å². The molecule has 0 aromatic heterocycles. The highest BCUT2D eigenvalue weighted by molar-refractivity contribution is 5.87. The molecule has 1 amide bonds. The Morgan fingerprint density at radius 2 is 2.50 bits per heavy atom. The second-order valence-corrected chi connectivity index (χ2v) is 3.30. The van der Waals surface area contributed by atoms with Crippen molar-refractivity contribution in [3.05, 3.63) is 6.42 Å². The average molecular weight is 140 g/mol. The minimum absolute atomic E-state index is 0.102. The van der Waals surface area contributed by atoms with Gasteiger partial charge < -0.3 is 5.32 Å². The number of rotatable bonds is 2. The zero-order valence-electron chi connectivity index (χ0n) is 6.55. The number of carbonyl (C=O) groups excluding carboxylic acids is 1. The van der Waals surface area contributed by atoms with Crippen molar-refractivity contribution in [2.45, 2.75) is 20.3 Å². The highest BCUT2D eigenvalue weighted by Gasteiger charge is 2.21. The van der Waals surface area contributed by atoms with E-state index in [1.54, 1.807) is 6.42 Å². The Hall–Kier alpha value is -0.530. The van der Waals surface area contributed by atoms with Crippen molar-refractivity contribution in [1.82, 2.24) is 5.32 Å². The number of hydrogen-bond donors (Lipinski definition) is 1. The second kappa shape index (κ2) is 3.04. The minimum Gasteiger partial charge on any atom is -0.356 e. The molecular weight excluding hydrogens is 126 g/mol. The first-order chi connectivity index (χ1) is 4.68. The summed E-state index contributed by atoms with van der Waals surface area (Å²) in [5, 5.41) is 2.78. The molecule has 1 aliphatic heterocycles. The molecule has 0 saturated carbocycles. The smallest absolute Gasteiger partial charge is 0.224 e. The van der Waals surface area contributed by atoms with Gasteiger partial charge in [0.15, 0.2) is 0 Å². The molecule has 1 rings (SSSR count). The molecular formula is C8H14NO. The summed E-state index contributed by atoms with van der Waals surface area (Å²) in [4.78, 5) is 10.7. The molecule has 0 aromatic carbocycles. The second-order valence-electron chi connectivity index (χ2n) is 3.30. The van der Waals surface area contributed by atoms with E-state index in [4.69, 9.17) is 0 Å². The van der Waals surface area contributed by atoms with Crippen molar-refractivity contribution < 1.29 is 4.79 Å². The normalized spacial score (nSPS) is 25.5. The lowest BCUT2D eigenvalue weighted by atomic mass is 9.97. The summed E-state index contributed by atoms with van der Waals surface area (Å²) >= 11 is 0. The third kappa shape index (κ3) is 2.01. The molecule has 10 heavy (non-hydrogen) atoms. The fourth-order valence-corrected chi connectivity index (χ4v) is 1.32. The molecule has 2 nitrogen and oxygen atoms in total. The van der Waals surface area contributed by atoms with Crippen molar-refractivity contribution >= 4 is 5.91 Å². The van der Waals surface area contributed by atoms with Gasteiger partial charge in [0, 0.05) is 6.54 Å². The fraction of sp³-hybridized carbons (Fsp3) is 0.750. The zero-order valence-corrected chi connectivity index (χ0v) is 6.55. The quantitative estimate of drug-likeness (QED) is 0.608. The van der Waals surface area contributed by atoms with Gasteiger partial charge in [-0.1, -0.05) is 13.8 Å². The van der Waals surface area contributed by atoms with Crippen LogP contribution in [0.5, 0.6) is 0 Å². The Balaban J connectivity index is 2.24. The van der Waals surface area contributed by atoms with Gasteiger partial charge in [-0.2, -0.15) is 0 Å². The van der Waals surface area contributed by atoms with E-state index in [-0.39, 0.29) is 5.91 Å². The van der Waals surface area contributed by atoms with Crippen molar-refractivity contribution in [1.29, 1.82) is 0 Å². The van der Waals surface area contributed by atoms with Crippen LogP contribution in [0.4, 0.5) is 0 Å². The molecule has 1 saturated heterocycles. The largest absolute Gasteiger partial charge is 0.356 e. The van der Waals surface area contributed by atoms with Crippen molar-refractivity contribution in [3.63, 3.8) is 0 Å². The van der Waals surface area contributed by atoms with E-state index < -0.39 is 0 Å². The van der Waals surface area contributed by atoms with Gasteiger partial charge in [0.1, 0.15) is 0 Å². The SMILES string of the molecule is CC(C)C[C@H]1[CH]C(=O)NC1. The summed E-state index contributed by atoms with van der Waals surface area (Å²) in [5.41, 5.74) is 0. The first-order valence-electron chi connectivity index (χ1n) is 3.81. The highest BCUT2D eigenvalue weighted by Crippen LogP contribution is 2.17. The Morgan fingerprint density at radius 1 is 1.80 bits per heavy atom. The van der Waals surface area contributed by atoms with Crippen molar-refractivity contribution in [2.24, 2.45) is 11.8 Å². The van der Waals surface area contributed by atoms with Crippen molar-refractivity contribution in [2.75, 3.05) is 6.54 Å². The van der Waals surface area contributed by atoms with Gasteiger partial charge in [0.2, 0.25) is 5.91 Å². The Kier molecular flexibility index (Phi) is 2.30. The number of hydrogen-bond acceptors (Lipinski definition) is 1. The third-order valence-electron chi connectivity index (χ3n) is 1.70. The lowest BCUT2D eigenvalue weighted by Crippen LogP contribution is -2.14. The van der Waals surface area contributed by atoms with E-state index in [0.717, 1.165) is 13.0 Å². The van der Waals surface area contributed by atoms with Crippen LogP contribution in [0.15, 0.2) is 0 Å². The van der Waals surface area contributed by atoms with Crippen LogP contribution in [0.25, 0.3) is 0 Å². The minimum atomic E-state index is 0.102. The van der Waals surface area contributed by atoms with Crippen LogP contribution in [0.1, 0.15) is 20.3 Å². The van der Waals surface area contributed by atoms with Crippen LogP contribution in [-0.2, 0) is 4.79 Å². The molecule has 1 fully saturated rings. The van der Waals surface area contributed by atoms with Gasteiger partial charge in [0.05, 0.1) is 6.42 Å². The van der Waals surface area contributed by atoms with Crippen molar-refractivity contribution in [3.8, 4) is 0 Å². The summed E-state index contributed by atoms with van der Waals surface area (Å²) in [7, 11) is 0. The molecule has 1 atom stereocenters. The van der Waals surface area contributed by atoms with Gasteiger partial charge in [-0.05, 0) is 18.3 Å². The molecule has 0 unspecified atom stereocenters. The maximum absolute atomic E-state index is 10.7. The van der Waals surface area contributed by atoms with E-state index in [1.807, 2.05) is 0 Å². The van der Waals surface area contributed by atoms with Gasteiger partial charge in [-0.15, -0.1) is 0 Å². The standard InChI is InChI=1S/C8H14NO/c1-6(2)3-7-4-8(10)9-5-7/h4,6-7H,3,5H2,1-2H3,(H,9,10)/t7-/m0/s1. The number of carbonyl (C=O) groups is 1. The first-order valence-corrected chi connectivity index (χ1v) is 3.81. The molecule has 1 radical (unpaired) electrons. The molecule has 0 spiro atoms. The summed E-state index contributed by atoms with van der Waals surface area (Å²) in [6.45, 7) is 5.20. The van der Waals surface area contributed by atoms with E-state index in [1.165, 1.54) is 0 Å². The summed E-state index contributed by atoms with van der Waals surface area (Å²) in [6.07, 6.45) is 2.92. The van der Waals surface area contributed by atoms with E-state index in [2.05, 4.69) is 19.2 Å². The maximum Gasteiger partial charge on any atom is 0.224 e. The van der Waals surface area contributed by atoms with Gasteiger partial charge in [-0.25, -0.2) is 0 Å². The van der Waals surface area contributed by atoms with Gasteiger partial charge in [0.25, 0.3) is 0 Å².